The van der Waals surface area contributed by atoms with E-state index in [1.54, 1.807) is 0 Å². The van der Waals surface area contributed by atoms with Crippen molar-refractivity contribution in [3.63, 3.8) is 0 Å². The first-order valence-corrected chi connectivity index (χ1v) is 9.52. The first kappa shape index (κ1) is 16.4. The summed E-state index contributed by atoms with van der Waals surface area (Å²) in [6.07, 6.45) is 1.83. The SMILES string of the molecule is NCc1ccc2c(c1)C1(CCN(C(=O)c3cc4ccccc4[nH]3)CC1)CO2. The molecule has 2 aromatic carbocycles. The summed E-state index contributed by atoms with van der Waals surface area (Å²) < 4.78 is 5.96. The van der Waals surface area contributed by atoms with Crippen LogP contribution in [0.5, 0.6) is 5.75 Å². The number of benzene rings is 2. The van der Waals surface area contributed by atoms with Crippen molar-refractivity contribution in [2.45, 2.75) is 24.8 Å². The van der Waals surface area contributed by atoms with E-state index in [1.165, 1.54) is 5.56 Å². The van der Waals surface area contributed by atoms with Crippen molar-refractivity contribution >= 4 is 16.8 Å². The fraction of sp³-hybridized carbons (Fsp3) is 0.318. The molecule has 5 heteroatoms. The highest BCUT2D eigenvalue weighted by Crippen LogP contribution is 2.46. The summed E-state index contributed by atoms with van der Waals surface area (Å²) in [4.78, 5) is 18.2. The number of hydrogen-bond acceptors (Lipinski definition) is 3. The second-order valence-electron chi connectivity index (χ2n) is 7.67. The van der Waals surface area contributed by atoms with Crippen LogP contribution >= 0.6 is 0 Å². The largest absolute Gasteiger partial charge is 0.492 e. The average Bonchev–Trinajstić information content (AvgIpc) is 3.30. The lowest BCUT2D eigenvalue weighted by Crippen LogP contribution is -2.46. The number of ether oxygens (including phenoxy) is 1. The molecule has 1 fully saturated rings. The Kier molecular flexibility index (Phi) is 3.72. The molecule has 0 atom stereocenters. The second-order valence-corrected chi connectivity index (χ2v) is 7.67. The van der Waals surface area contributed by atoms with Crippen LogP contribution in [-0.2, 0) is 12.0 Å². The van der Waals surface area contributed by atoms with Gasteiger partial charge in [0.05, 0.1) is 6.61 Å². The number of H-pyrrole nitrogens is 1. The number of carbonyl (C=O) groups is 1. The summed E-state index contributed by atoms with van der Waals surface area (Å²) in [5, 5.41) is 1.07. The first-order chi connectivity index (χ1) is 13.2. The van der Waals surface area contributed by atoms with Gasteiger partial charge in [0.15, 0.2) is 0 Å². The lowest BCUT2D eigenvalue weighted by molar-refractivity contribution is 0.0641. The van der Waals surface area contributed by atoms with E-state index in [9.17, 15) is 4.79 Å². The number of fused-ring (bicyclic) bond motifs is 3. The Balaban J connectivity index is 1.36. The van der Waals surface area contributed by atoms with Crippen LogP contribution in [0, 0.1) is 0 Å². The van der Waals surface area contributed by atoms with Gasteiger partial charge in [-0.3, -0.25) is 4.79 Å². The predicted octanol–water partition coefficient (Wildman–Crippen LogP) is 3.19. The molecule has 0 unspecified atom stereocenters. The third-order valence-electron chi connectivity index (χ3n) is 6.12. The highest BCUT2D eigenvalue weighted by Gasteiger charge is 2.44. The van der Waals surface area contributed by atoms with E-state index in [1.807, 2.05) is 47.4 Å². The van der Waals surface area contributed by atoms with Gasteiger partial charge >= 0.3 is 0 Å². The smallest absolute Gasteiger partial charge is 0.270 e. The van der Waals surface area contributed by atoms with Crippen LogP contribution in [0.3, 0.4) is 0 Å². The van der Waals surface area contributed by atoms with Gasteiger partial charge in [0, 0.05) is 41.5 Å². The Labute approximate surface area is 158 Å². The molecule has 1 spiro atoms. The minimum atomic E-state index is 0.0116. The highest BCUT2D eigenvalue weighted by molar-refractivity contribution is 5.98. The van der Waals surface area contributed by atoms with Crippen molar-refractivity contribution in [2.24, 2.45) is 5.73 Å². The van der Waals surface area contributed by atoms with Gasteiger partial charge in [-0.2, -0.15) is 0 Å². The first-order valence-electron chi connectivity index (χ1n) is 9.52. The maximum absolute atomic E-state index is 13.0. The number of likely N-dealkylation sites (tertiary alicyclic amines) is 1. The van der Waals surface area contributed by atoms with Crippen molar-refractivity contribution in [1.29, 1.82) is 0 Å². The van der Waals surface area contributed by atoms with Crippen LogP contribution < -0.4 is 10.5 Å². The molecule has 0 bridgehead atoms. The molecule has 2 aliphatic rings. The van der Waals surface area contributed by atoms with Gasteiger partial charge in [0.1, 0.15) is 11.4 Å². The molecule has 5 nitrogen and oxygen atoms in total. The zero-order valence-electron chi connectivity index (χ0n) is 15.2. The number of para-hydroxylation sites is 1. The predicted molar refractivity (Wildman–Crippen MR) is 105 cm³/mol. The van der Waals surface area contributed by atoms with E-state index in [4.69, 9.17) is 10.5 Å². The van der Waals surface area contributed by atoms with Gasteiger partial charge < -0.3 is 20.4 Å². The zero-order valence-corrected chi connectivity index (χ0v) is 15.2. The van der Waals surface area contributed by atoms with Crippen molar-refractivity contribution in [1.82, 2.24) is 9.88 Å². The highest BCUT2D eigenvalue weighted by atomic mass is 16.5. The molecule has 0 saturated carbocycles. The number of aromatic amines is 1. The molecule has 138 valence electrons. The molecule has 1 aromatic heterocycles. The van der Waals surface area contributed by atoms with Gasteiger partial charge in [-0.1, -0.05) is 30.3 Å². The van der Waals surface area contributed by atoms with Crippen molar-refractivity contribution in [2.75, 3.05) is 19.7 Å². The molecule has 1 saturated heterocycles. The number of carbonyl (C=O) groups excluding carboxylic acids is 1. The minimum absolute atomic E-state index is 0.0116. The number of aromatic nitrogens is 1. The van der Waals surface area contributed by atoms with Gasteiger partial charge in [-0.15, -0.1) is 0 Å². The van der Waals surface area contributed by atoms with Gasteiger partial charge in [0.2, 0.25) is 0 Å². The Hall–Kier alpha value is -2.79. The molecule has 5 rings (SSSR count). The summed E-state index contributed by atoms with van der Waals surface area (Å²) in [5.74, 6) is 1.05. The Morgan fingerprint density at radius 3 is 2.74 bits per heavy atom. The standard InChI is InChI=1S/C22H23N3O2/c23-13-15-5-6-20-17(11-15)22(14-27-20)7-9-25(10-8-22)21(26)19-12-16-3-1-2-4-18(16)24-19/h1-6,11-12,24H,7-10,13-14,23H2. The van der Waals surface area contributed by atoms with Crippen LogP contribution in [0.15, 0.2) is 48.5 Å². The molecule has 3 N–H and O–H groups in total. The number of amides is 1. The monoisotopic (exact) mass is 361 g/mol. The maximum atomic E-state index is 13.0. The summed E-state index contributed by atoms with van der Waals surface area (Å²) >= 11 is 0. The molecule has 1 amide bonds. The van der Waals surface area contributed by atoms with Crippen molar-refractivity contribution in [3.8, 4) is 5.75 Å². The van der Waals surface area contributed by atoms with Gasteiger partial charge in [0.25, 0.3) is 5.91 Å². The molecule has 3 heterocycles. The van der Waals surface area contributed by atoms with Crippen LogP contribution in [0.25, 0.3) is 10.9 Å². The summed E-state index contributed by atoms with van der Waals surface area (Å²) in [5.41, 5.74) is 9.90. The lowest BCUT2D eigenvalue weighted by Gasteiger charge is -2.38. The van der Waals surface area contributed by atoms with E-state index in [-0.39, 0.29) is 11.3 Å². The second kappa shape index (κ2) is 6.13. The zero-order chi connectivity index (χ0) is 18.4. The third-order valence-corrected chi connectivity index (χ3v) is 6.12. The van der Waals surface area contributed by atoms with E-state index < -0.39 is 0 Å². The van der Waals surface area contributed by atoms with E-state index in [2.05, 4.69) is 11.1 Å². The van der Waals surface area contributed by atoms with Gasteiger partial charge in [-0.05, 0) is 36.6 Å². The number of piperidine rings is 1. The maximum Gasteiger partial charge on any atom is 0.270 e. The van der Waals surface area contributed by atoms with Crippen molar-refractivity contribution in [3.05, 3.63) is 65.4 Å². The van der Waals surface area contributed by atoms with Crippen LogP contribution in [0.2, 0.25) is 0 Å². The fourth-order valence-corrected chi connectivity index (χ4v) is 4.45. The topological polar surface area (TPSA) is 71.3 Å². The number of hydrogen-bond donors (Lipinski definition) is 2. The molecule has 0 aliphatic carbocycles. The molecule has 3 aromatic rings. The molecular formula is C22H23N3O2. The summed E-state index contributed by atoms with van der Waals surface area (Å²) in [6.45, 7) is 2.72. The molecule has 2 aliphatic heterocycles. The third kappa shape index (κ3) is 2.61. The van der Waals surface area contributed by atoms with E-state index in [0.717, 1.165) is 48.1 Å². The van der Waals surface area contributed by atoms with Crippen molar-refractivity contribution < 1.29 is 9.53 Å². The average molecular weight is 361 g/mol. The number of nitrogens with two attached hydrogens (primary N) is 1. The lowest BCUT2D eigenvalue weighted by atomic mass is 9.74. The quantitative estimate of drug-likeness (QED) is 0.736. The minimum Gasteiger partial charge on any atom is -0.492 e. The van der Waals surface area contributed by atoms with Crippen LogP contribution in [0.4, 0.5) is 0 Å². The number of nitrogens with one attached hydrogen (secondary N) is 1. The molecule has 27 heavy (non-hydrogen) atoms. The Morgan fingerprint density at radius 2 is 1.96 bits per heavy atom. The summed E-state index contributed by atoms with van der Waals surface area (Å²) in [6, 6.07) is 16.2. The van der Waals surface area contributed by atoms with E-state index in [0.29, 0.717) is 18.8 Å². The van der Waals surface area contributed by atoms with Crippen LogP contribution in [0.1, 0.15) is 34.5 Å². The number of rotatable bonds is 2. The fourth-order valence-electron chi connectivity index (χ4n) is 4.45. The molecular weight excluding hydrogens is 338 g/mol. The normalized spacial score (nSPS) is 17.9. The van der Waals surface area contributed by atoms with Crippen LogP contribution in [-0.4, -0.2) is 35.5 Å². The van der Waals surface area contributed by atoms with Gasteiger partial charge in [-0.25, -0.2) is 0 Å². The Bertz CT molecular complexity index is 982. The van der Waals surface area contributed by atoms with E-state index >= 15 is 0 Å². The Morgan fingerprint density at radius 1 is 1.15 bits per heavy atom. The summed E-state index contributed by atoms with van der Waals surface area (Å²) in [7, 11) is 0. The number of nitrogens with zero attached hydrogens (tertiary/aromatic N) is 1. The molecule has 0 radical (unpaired) electrons.